The third-order valence-electron chi connectivity index (χ3n) is 3.81. The van der Waals surface area contributed by atoms with Crippen LogP contribution in [-0.4, -0.2) is 28.0 Å². The van der Waals surface area contributed by atoms with Crippen LogP contribution in [0.2, 0.25) is 0 Å². The summed E-state index contributed by atoms with van der Waals surface area (Å²) < 4.78 is 27.2. The number of carbonyl (C=O) groups is 1. The predicted molar refractivity (Wildman–Crippen MR) is 96.6 cm³/mol. The number of anilines is 1. The summed E-state index contributed by atoms with van der Waals surface area (Å²) in [6, 6.07) is 16.1. The van der Waals surface area contributed by atoms with Gasteiger partial charge in [-0.15, -0.1) is 0 Å². The highest BCUT2D eigenvalue weighted by Gasteiger charge is 2.22. The Morgan fingerprint density at radius 2 is 1.72 bits per heavy atom. The van der Waals surface area contributed by atoms with E-state index in [1.165, 1.54) is 17.7 Å². The molecule has 0 radical (unpaired) electrons. The van der Waals surface area contributed by atoms with Crippen molar-refractivity contribution in [3.63, 3.8) is 0 Å². The van der Waals surface area contributed by atoms with E-state index in [4.69, 9.17) is 5.73 Å². The Morgan fingerprint density at radius 3 is 2.16 bits per heavy atom. The normalized spacial score (nSPS) is 14.2. The quantitative estimate of drug-likeness (QED) is 0.843. The fraction of sp³-hybridized carbons (Fsp3) is 0.278. The van der Waals surface area contributed by atoms with Crippen LogP contribution in [0, 0.1) is 0 Å². The van der Waals surface area contributed by atoms with Crippen molar-refractivity contribution < 1.29 is 17.4 Å². The number of benzene rings is 2. The minimum atomic E-state index is -3.66. The first-order valence-corrected chi connectivity index (χ1v) is 9.34. The van der Waals surface area contributed by atoms with Crippen LogP contribution in [0.5, 0.6) is 0 Å². The number of nitrogens with two attached hydrogens (primary N) is 1. The lowest BCUT2D eigenvalue weighted by molar-refractivity contribution is -0.117. The van der Waals surface area contributed by atoms with Crippen molar-refractivity contribution in [2.75, 3.05) is 18.6 Å². The van der Waals surface area contributed by atoms with E-state index < -0.39 is 10.1 Å². The first kappa shape index (κ1) is 19.1. The Morgan fingerprint density at radius 1 is 1.08 bits per heavy atom. The summed E-state index contributed by atoms with van der Waals surface area (Å²) in [6.07, 6.45) is 1.40. The van der Waals surface area contributed by atoms with Crippen LogP contribution in [0.3, 0.4) is 0 Å². The zero-order valence-electron chi connectivity index (χ0n) is 14.1. The molecule has 134 valence electrons. The van der Waals surface area contributed by atoms with Crippen molar-refractivity contribution in [1.82, 2.24) is 0 Å². The summed E-state index contributed by atoms with van der Waals surface area (Å²) in [7, 11) is -2.54. The van der Waals surface area contributed by atoms with E-state index in [1.807, 2.05) is 30.3 Å². The van der Waals surface area contributed by atoms with E-state index in [0.29, 0.717) is 19.5 Å². The zero-order chi connectivity index (χ0) is 18.3. The first-order chi connectivity index (χ1) is 12.0. The second-order valence-electron chi connectivity index (χ2n) is 5.45. The van der Waals surface area contributed by atoms with Crippen LogP contribution >= 0.6 is 0 Å². The molecule has 2 N–H and O–H groups in total. The van der Waals surface area contributed by atoms with Crippen molar-refractivity contribution in [3.8, 4) is 0 Å². The summed E-state index contributed by atoms with van der Waals surface area (Å²) in [5, 5.41) is 0. The maximum absolute atomic E-state index is 11.5. The number of hydrogen-bond donors (Lipinski definition) is 1. The molecule has 6 nitrogen and oxygen atoms in total. The smallest absolute Gasteiger partial charge is 0.296 e. The van der Waals surface area contributed by atoms with Crippen molar-refractivity contribution in [1.29, 1.82) is 0 Å². The monoisotopic (exact) mass is 362 g/mol. The summed E-state index contributed by atoms with van der Waals surface area (Å²) >= 11 is 0. The number of hydrogen-bond acceptors (Lipinski definition) is 5. The third kappa shape index (κ3) is 5.12. The molecule has 1 amide bonds. The van der Waals surface area contributed by atoms with Gasteiger partial charge >= 0.3 is 0 Å². The van der Waals surface area contributed by atoms with Gasteiger partial charge < -0.3 is 10.6 Å². The van der Waals surface area contributed by atoms with E-state index >= 15 is 0 Å². The van der Waals surface area contributed by atoms with Gasteiger partial charge in [0.1, 0.15) is 0 Å². The lowest BCUT2D eigenvalue weighted by Gasteiger charge is -2.15. The Bertz CT molecular complexity index is 790. The van der Waals surface area contributed by atoms with Crippen molar-refractivity contribution in [3.05, 3.63) is 60.2 Å². The number of carbonyl (C=O) groups excluding carboxylic acids is 1. The predicted octanol–water partition coefficient (Wildman–Crippen LogP) is 2.29. The Hall–Kier alpha value is -2.22. The largest absolute Gasteiger partial charge is 0.326 e. The SMILES string of the molecule is COS(=O)(=O)c1ccc(N2CCCC2=O)cc1.NCc1ccccc1. The van der Waals surface area contributed by atoms with Crippen LogP contribution in [-0.2, 0) is 25.6 Å². The average molecular weight is 362 g/mol. The van der Waals surface area contributed by atoms with Crippen molar-refractivity contribution in [2.24, 2.45) is 5.73 Å². The van der Waals surface area contributed by atoms with Gasteiger partial charge in [-0.05, 0) is 36.2 Å². The number of nitrogens with zero attached hydrogens (tertiary/aromatic N) is 1. The highest BCUT2D eigenvalue weighted by molar-refractivity contribution is 7.86. The minimum absolute atomic E-state index is 0.0762. The molecular weight excluding hydrogens is 340 g/mol. The molecule has 0 bridgehead atoms. The Labute approximate surface area is 148 Å². The third-order valence-corrected chi connectivity index (χ3v) is 5.10. The van der Waals surface area contributed by atoms with E-state index in [1.54, 1.807) is 17.0 Å². The highest BCUT2D eigenvalue weighted by atomic mass is 32.2. The number of rotatable bonds is 4. The summed E-state index contributed by atoms with van der Waals surface area (Å²) in [4.78, 5) is 13.2. The molecule has 1 heterocycles. The Balaban J connectivity index is 0.000000236. The zero-order valence-corrected chi connectivity index (χ0v) is 14.9. The number of amides is 1. The van der Waals surface area contributed by atoms with E-state index in [9.17, 15) is 13.2 Å². The maximum atomic E-state index is 11.5. The maximum Gasteiger partial charge on any atom is 0.296 e. The molecule has 25 heavy (non-hydrogen) atoms. The first-order valence-electron chi connectivity index (χ1n) is 7.93. The van der Waals surface area contributed by atoms with E-state index in [-0.39, 0.29) is 10.8 Å². The van der Waals surface area contributed by atoms with Gasteiger partial charge in [0, 0.05) is 25.2 Å². The van der Waals surface area contributed by atoms with Gasteiger partial charge in [0.25, 0.3) is 10.1 Å². The summed E-state index contributed by atoms with van der Waals surface area (Å²) in [5.41, 5.74) is 7.26. The average Bonchev–Trinajstić information content (AvgIpc) is 3.09. The molecule has 0 aliphatic carbocycles. The molecule has 0 unspecified atom stereocenters. The van der Waals surface area contributed by atoms with Crippen LogP contribution in [0.4, 0.5) is 5.69 Å². The van der Waals surface area contributed by atoms with Crippen LogP contribution in [0.25, 0.3) is 0 Å². The van der Waals surface area contributed by atoms with Crippen LogP contribution in [0.15, 0.2) is 59.5 Å². The molecule has 0 aromatic heterocycles. The lowest BCUT2D eigenvalue weighted by Crippen LogP contribution is -2.23. The van der Waals surface area contributed by atoms with Gasteiger partial charge in [-0.3, -0.25) is 8.98 Å². The molecule has 0 spiro atoms. The van der Waals surface area contributed by atoms with Gasteiger partial charge in [-0.2, -0.15) is 8.42 Å². The molecule has 3 rings (SSSR count). The van der Waals surface area contributed by atoms with Gasteiger partial charge in [0.2, 0.25) is 5.91 Å². The lowest BCUT2D eigenvalue weighted by atomic mass is 10.2. The van der Waals surface area contributed by atoms with Gasteiger partial charge in [-0.1, -0.05) is 30.3 Å². The fourth-order valence-electron chi connectivity index (χ4n) is 2.42. The molecule has 2 aromatic carbocycles. The topological polar surface area (TPSA) is 89.7 Å². The van der Waals surface area contributed by atoms with Gasteiger partial charge in [0.15, 0.2) is 0 Å². The Kier molecular flexibility index (Phi) is 6.69. The van der Waals surface area contributed by atoms with Crippen LogP contribution < -0.4 is 10.6 Å². The standard InChI is InChI=1S/C11H13NO4S.C7H9N/c1-16-17(14,15)10-6-4-9(5-7-10)12-8-2-3-11(12)13;8-6-7-4-2-1-3-5-7/h4-7H,2-3,8H2,1H3;1-5H,6,8H2. The van der Waals surface area contributed by atoms with Gasteiger partial charge in [-0.25, -0.2) is 0 Å². The molecule has 1 saturated heterocycles. The molecule has 1 fully saturated rings. The molecule has 1 aliphatic rings. The summed E-state index contributed by atoms with van der Waals surface area (Å²) in [6.45, 7) is 1.33. The minimum Gasteiger partial charge on any atom is -0.326 e. The molecule has 0 atom stereocenters. The van der Waals surface area contributed by atoms with Crippen LogP contribution in [0.1, 0.15) is 18.4 Å². The second-order valence-corrected chi connectivity index (χ2v) is 7.17. The second kappa shape index (κ2) is 8.75. The van der Waals surface area contributed by atoms with E-state index in [2.05, 4.69) is 4.18 Å². The van der Waals surface area contributed by atoms with Crippen molar-refractivity contribution >= 4 is 21.7 Å². The van der Waals surface area contributed by atoms with Crippen molar-refractivity contribution in [2.45, 2.75) is 24.3 Å². The molecule has 1 aliphatic heterocycles. The highest BCUT2D eigenvalue weighted by Crippen LogP contribution is 2.23. The summed E-state index contributed by atoms with van der Waals surface area (Å²) in [5.74, 6) is 0.0762. The molecule has 7 heteroatoms. The molecule has 2 aromatic rings. The molecule has 0 saturated carbocycles. The fourth-order valence-corrected chi connectivity index (χ4v) is 3.09. The van der Waals surface area contributed by atoms with E-state index in [0.717, 1.165) is 19.2 Å². The molecular formula is C18H22N2O4S. The van der Waals surface area contributed by atoms with Gasteiger partial charge in [0.05, 0.1) is 12.0 Å².